The van der Waals surface area contributed by atoms with Crippen molar-refractivity contribution in [1.29, 1.82) is 0 Å². The molecule has 204 valence electrons. The van der Waals surface area contributed by atoms with Crippen molar-refractivity contribution in [3.05, 3.63) is 119 Å². The Morgan fingerprint density at radius 3 is 1.51 bits per heavy atom. The van der Waals surface area contributed by atoms with Crippen LogP contribution in [0.5, 0.6) is 0 Å². The molecule has 2 aliphatic carbocycles. The fraction of sp³-hybridized carbons (Fsp3) is 0.385. The summed E-state index contributed by atoms with van der Waals surface area (Å²) in [6, 6.07) is 25.5. The Bertz CT molecular complexity index is 1370. The minimum atomic E-state index is 0.0188. The topological polar surface area (TPSA) is 0 Å². The van der Waals surface area contributed by atoms with Crippen molar-refractivity contribution in [2.75, 3.05) is 0 Å². The first-order chi connectivity index (χ1) is 18.1. The van der Waals surface area contributed by atoms with Crippen molar-refractivity contribution >= 4 is 11.1 Å². The Balaban J connectivity index is 0.000000243. The van der Waals surface area contributed by atoms with E-state index in [1.54, 1.807) is 0 Å². The average molecular weight is 517 g/mol. The first-order valence-corrected chi connectivity index (χ1v) is 14.5. The van der Waals surface area contributed by atoms with Crippen LogP contribution in [0.1, 0.15) is 91.5 Å². The highest BCUT2D eigenvalue weighted by Crippen LogP contribution is 2.59. The lowest BCUT2D eigenvalue weighted by Gasteiger charge is -2.52. The Hall–Kier alpha value is -3.12. The second kappa shape index (κ2) is 10.1. The maximum absolute atomic E-state index is 2.61. The van der Waals surface area contributed by atoms with E-state index in [0.717, 1.165) is 0 Å². The molecule has 39 heavy (non-hydrogen) atoms. The van der Waals surface area contributed by atoms with Crippen LogP contribution in [0.2, 0.25) is 0 Å². The van der Waals surface area contributed by atoms with E-state index < -0.39 is 0 Å². The Kier molecular flexibility index (Phi) is 7.50. The minimum absolute atomic E-state index is 0.0188. The summed E-state index contributed by atoms with van der Waals surface area (Å²) in [6.07, 6.45) is 7.51. The van der Waals surface area contributed by atoms with Crippen molar-refractivity contribution < 1.29 is 0 Å². The molecule has 0 nitrogen and oxygen atoms in total. The summed E-state index contributed by atoms with van der Waals surface area (Å²) in [4.78, 5) is 0. The van der Waals surface area contributed by atoms with Crippen molar-refractivity contribution in [3.63, 3.8) is 0 Å². The van der Waals surface area contributed by atoms with E-state index >= 15 is 0 Å². The van der Waals surface area contributed by atoms with Crippen molar-refractivity contribution in [1.82, 2.24) is 0 Å². The molecule has 5 rings (SSSR count). The lowest BCUT2D eigenvalue weighted by atomic mass is 9.52. The molecule has 0 aromatic heterocycles. The largest absolute Gasteiger partial charge is 0.0728 e. The van der Waals surface area contributed by atoms with E-state index in [2.05, 4.69) is 155 Å². The molecule has 0 heterocycles. The highest BCUT2D eigenvalue weighted by Gasteiger charge is 2.49. The SMILES string of the molecule is CC1=C2C=CC(C(C)(C)C)(C(C)(C)C)C=C2c2c1ccc(C(C)(C)C)c2C.c1ccc(-c2ccccc2)cc1. The van der Waals surface area contributed by atoms with Crippen LogP contribution in [0.4, 0.5) is 0 Å². The zero-order valence-corrected chi connectivity index (χ0v) is 26.2. The molecule has 0 saturated carbocycles. The van der Waals surface area contributed by atoms with E-state index in [1.807, 2.05) is 12.1 Å². The van der Waals surface area contributed by atoms with E-state index in [9.17, 15) is 0 Å². The highest BCUT2D eigenvalue weighted by molar-refractivity contribution is 6.03. The van der Waals surface area contributed by atoms with E-state index in [4.69, 9.17) is 0 Å². The van der Waals surface area contributed by atoms with E-state index in [1.165, 1.54) is 50.1 Å². The average Bonchev–Trinajstić information content (AvgIpc) is 3.15. The number of hydrogen-bond acceptors (Lipinski definition) is 0. The molecule has 0 atom stereocenters. The second-order valence-electron chi connectivity index (χ2n) is 14.4. The summed E-state index contributed by atoms with van der Waals surface area (Å²) >= 11 is 0. The standard InChI is InChI=1S/C27H38.C12H10/c1-17-19-14-15-27(25(6,7)8,26(9,10)11)16-21(19)23-18(2)22(24(3,4)5)13-12-20(17)23;1-3-7-11(8-4-1)12-9-5-2-6-10-12/h12-16H,1-11H3;1-10H. The molecule has 0 N–H and O–H groups in total. The molecule has 0 saturated heterocycles. The number of hydrogen-bond donors (Lipinski definition) is 0. The Morgan fingerprint density at radius 2 is 1.08 bits per heavy atom. The van der Waals surface area contributed by atoms with Crippen LogP contribution in [0.25, 0.3) is 22.3 Å². The molecule has 3 aromatic carbocycles. The van der Waals surface area contributed by atoms with Gasteiger partial charge in [0.05, 0.1) is 0 Å². The molecular weight excluding hydrogens is 468 g/mol. The van der Waals surface area contributed by atoms with Crippen molar-refractivity contribution in [2.24, 2.45) is 16.2 Å². The molecule has 2 aliphatic rings. The van der Waals surface area contributed by atoms with Crippen LogP contribution < -0.4 is 0 Å². The molecule has 0 amide bonds. The monoisotopic (exact) mass is 516 g/mol. The summed E-state index contributed by atoms with van der Waals surface area (Å²) in [7, 11) is 0. The van der Waals surface area contributed by atoms with Gasteiger partial charge in [-0.25, -0.2) is 0 Å². The predicted octanol–water partition coefficient (Wildman–Crippen LogP) is 11.5. The minimum Gasteiger partial charge on any atom is -0.0728 e. The fourth-order valence-electron chi connectivity index (χ4n) is 6.84. The number of rotatable bonds is 1. The summed E-state index contributed by atoms with van der Waals surface area (Å²) < 4.78 is 0. The summed E-state index contributed by atoms with van der Waals surface area (Å²) in [5.74, 6) is 0. The zero-order chi connectivity index (χ0) is 28.8. The number of allylic oxidation sites excluding steroid dienone is 6. The van der Waals surface area contributed by atoms with Gasteiger partial charge >= 0.3 is 0 Å². The van der Waals surface area contributed by atoms with Gasteiger partial charge in [0.25, 0.3) is 0 Å². The van der Waals surface area contributed by atoms with Crippen LogP contribution in [-0.4, -0.2) is 0 Å². The highest BCUT2D eigenvalue weighted by atomic mass is 14.5. The summed E-state index contributed by atoms with van der Waals surface area (Å²) in [5, 5.41) is 0. The Labute approximate surface area is 238 Å². The first kappa shape index (κ1) is 28.9. The third-order valence-electron chi connectivity index (χ3n) is 8.89. The third kappa shape index (κ3) is 5.23. The molecule has 0 spiro atoms. The molecule has 0 fully saturated rings. The lowest BCUT2D eigenvalue weighted by Crippen LogP contribution is -2.44. The molecule has 0 aliphatic heterocycles. The van der Waals surface area contributed by atoms with Gasteiger partial charge in [-0.05, 0) is 80.2 Å². The zero-order valence-electron chi connectivity index (χ0n) is 26.2. The number of fused-ring (bicyclic) bond motifs is 3. The Morgan fingerprint density at radius 1 is 0.590 bits per heavy atom. The van der Waals surface area contributed by atoms with Gasteiger partial charge in [0.1, 0.15) is 0 Å². The summed E-state index contributed by atoms with van der Waals surface area (Å²) in [6.45, 7) is 25.9. The van der Waals surface area contributed by atoms with Crippen LogP contribution in [0.3, 0.4) is 0 Å². The van der Waals surface area contributed by atoms with Crippen LogP contribution >= 0.6 is 0 Å². The van der Waals surface area contributed by atoms with Gasteiger partial charge in [-0.1, -0.05) is 153 Å². The van der Waals surface area contributed by atoms with Gasteiger partial charge in [0, 0.05) is 5.41 Å². The molecule has 0 heteroatoms. The van der Waals surface area contributed by atoms with Gasteiger partial charge in [-0.2, -0.15) is 0 Å². The quantitative estimate of drug-likeness (QED) is 0.302. The van der Waals surface area contributed by atoms with Crippen LogP contribution in [0, 0.1) is 23.2 Å². The molecule has 3 aromatic rings. The van der Waals surface area contributed by atoms with E-state index in [-0.39, 0.29) is 21.7 Å². The summed E-state index contributed by atoms with van der Waals surface area (Å²) in [5.41, 5.74) is 13.1. The first-order valence-electron chi connectivity index (χ1n) is 14.5. The maximum Gasteiger partial charge on any atom is 0.0171 e. The van der Waals surface area contributed by atoms with Crippen molar-refractivity contribution in [3.8, 4) is 11.1 Å². The molecule has 0 bridgehead atoms. The van der Waals surface area contributed by atoms with Gasteiger partial charge in [-0.3, -0.25) is 0 Å². The van der Waals surface area contributed by atoms with Gasteiger partial charge in [0.15, 0.2) is 0 Å². The number of benzene rings is 3. The molecule has 0 unspecified atom stereocenters. The van der Waals surface area contributed by atoms with Gasteiger partial charge < -0.3 is 0 Å². The van der Waals surface area contributed by atoms with E-state index in [0.29, 0.717) is 0 Å². The fourth-order valence-corrected chi connectivity index (χ4v) is 6.84. The molecule has 0 radical (unpaired) electrons. The normalized spacial score (nSPS) is 16.2. The van der Waals surface area contributed by atoms with Gasteiger partial charge in [-0.15, -0.1) is 0 Å². The van der Waals surface area contributed by atoms with Crippen molar-refractivity contribution in [2.45, 2.75) is 81.6 Å². The van der Waals surface area contributed by atoms with Gasteiger partial charge in [0.2, 0.25) is 0 Å². The van der Waals surface area contributed by atoms with Crippen LogP contribution in [-0.2, 0) is 5.41 Å². The predicted molar refractivity (Wildman–Crippen MR) is 173 cm³/mol. The smallest absolute Gasteiger partial charge is 0.0171 e. The third-order valence-corrected chi connectivity index (χ3v) is 8.89. The lowest BCUT2D eigenvalue weighted by molar-refractivity contribution is 0.0669. The van der Waals surface area contributed by atoms with Crippen LogP contribution in [0.15, 0.2) is 96.6 Å². The second-order valence-corrected chi connectivity index (χ2v) is 14.4. The maximum atomic E-state index is 2.61. The molecular formula is C39H48.